The van der Waals surface area contributed by atoms with Crippen LogP contribution in [0.15, 0.2) is 77.8 Å². The second-order valence-electron chi connectivity index (χ2n) is 8.38. The molecule has 0 saturated carbocycles. The number of fused-ring (bicyclic) bond motifs is 1. The average Bonchev–Trinajstić information content (AvgIpc) is 3.30. The summed E-state index contributed by atoms with van der Waals surface area (Å²) in [5, 5.41) is 7.81. The van der Waals surface area contributed by atoms with Crippen molar-refractivity contribution in [1.29, 1.82) is 0 Å². The van der Waals surface area contributed by atoms with E-state index in [2.05, 4.69) is 75.8 Å². The fourth-order valence-electron chi connectivity index (χ4n) is 4.60. The molecule has 2 heterocycles. The summed E-state index contributed by atoms with van der Waals surface area (Å²) in [6, 6.07) is 23.1. The van der Waals surface area contributed by atoms with Crippen molar-refractivity contribution >= 4 is 17.4 Å². The van der Waals surface area contributed by atoms with Crippen molar-refractivity contribution in [3.8, 4) is 28.5 Å². The van der Waals surface area contributed by atoms with Gasteiger partial charge in [-0.05, 0) is 41.8 Å². The highest BCUT2D eigenvalue weighted by molar-refractivity contribution is 7.99. The molecule has 0 saturated heterocycles. The maximum absolute atomic E-state index is 5.62. The monoisotopic (exact) mass is 487 g/mol. The third kappa shape index (κ3) is 4.68. The first-order valence-electron chi connectivity index (χ1n) is 11.6. The van der Waals surface area contributed by atoms with Crippen LogP contribution >= 0.6 is 11.8 Å². The van der Waals surface area contributed by atoms with Gasteiger partial charge in [-0.1, -0.05) is 42.5 Å². The van der Waals surface area contributed by atoms with Gasteiger partial charge < -0.3 is 19.1 Å². The lowest BCUT2D eigenvalue weighted by atomic mass is 10.1. The summed E-state index contributed by atoms with van der Waals surface area (Å²) >= 11 is 1.88. The Kier molecular flexibility index (Phi) is 6.86. The molecule has 0 aliphatic carbocycles. The highest BCUT2D eigenvalue weighted by atomic mass is 32.2. The second-order valence-corrected chi connectivity index (χ2v) is 9.62. The van der Waals surface area contributed by atoms with E-state index in [0.29, 0.717) is 17.2 Å². The van der Waals surface area contributed by atoms with E-state index < -0.39 is 0 Å². The van der Waals surface area contributed by atoms with E-state index in [9.17, 15) is 0 Å². The zero-order valence-electron chi connectivity index (χ0n) is 20.2. The third-order valence-corrected chi connectivity index (χ3v) is 7.73. The number of aromatic nitrogens is 2. The summed E-state index contributed by atoms with van der Waals surface area (Å²) in [6.07, 6.45) is 2.91. The fourth-order valence-corrected chi connectivity index (χ4v) is 5.88. The van der Waals surface area contributed by atoms with E-state index in [4.69, 9.17) is 14.2 Å². The Bertz CT molecular complexity index is 1270. The number of methoxy groups -OCH3 is 3. The van der Waals surface area contributed by atoms with Crippen LogP contribution in [0, 0.1) is 0 Å². The zero-order valence-corrected chi connectivity index (χ0v) is 21.0. The van der Waals surface area contributed by atoms with E-state index in [-0.39, 0.29) is 5.25 Å². The third-order valence-electron chi connectivity index (χ3n) is 6.34. The van der Waals surface area contributed by atoms with Crippen molar-refractivity contribution in [3.05, 3.63) is 84.1 Å². The maximum Gasteiger partial charge on any atom is 0.203 e. The molecule has 35 heavy (non-hydrogen) atoms. The number of nitrogens with zero attached hydrogens (tertiary/aromatic N) is 2. The number of benzene rings is 3. The number of rotatable bonds is 7. The van der Waals surface area contributed by atoms with Gasteiger partial charge in [-0.2, -0.15) is 5.10 Å². The first-order chi connectivity index (χ1) is 17.2. The number of nitrogens with one attached hydrogen (secondary N) is 1. The summed E-state index contributed by atoms with van der Waals surface area (Å²) in [7, 11) is 4.95. The Morgan fingerprint density at radius 1 is 0.943 bits per heavy atom. The van der Waals surface area contributed by atoms with Gasteiger partial charge >= 0.3 is 0 Å². The van der Waals surface area contributed by atoms with Gasteiger partial charge in [-0.3, -0.25) is 5.10 Å². The summed E-state index contributed by atoms with van der Waals surface area (Å²) in [4.78, 5) is 3.71. The van der Waals surface area contributed by atoms with Crippen LogP contribution in [0.2, 0.25) is 0 Å². The van der Waals surface area contributed by atoms with Gasteiger partial charge in [0.1, 0.15) is 0 Å². The molecule has 180 valence electrons. The van der Waals surface area contributed by atoms with E-state index in [1.54, 1.807) is 21.3 Å². The van der Waals surface area contributed by atoms with Gasteiger partial charge in [-0.25, -0.2) is 0 Å². The summed E-state index contributed by atoms with van der Waals surface area (Å²) in [5.74, 6) is 1.98. The first-order valence-corrected chi connectivity index (χ1v) is 12.5. The van der Waals surface area contributed by atoms with Gasteiger partial charge in [0.05, 0.1) is 38.9 Å². The molecule has 3 aromatic carbocycles. The number of hydrogen-bond donors (Lipinski definition) is 1. The number of para-hydroxylation sites is 1. The van der Waals surface area contributed by atoms with Gasteiger partial charge in [0.15, 0.2) is 11.5 Å². The van der Waals surface area contributed by atoms with Crippen LogP contribution in [0.4, 0.5) is 5.69 Å². The second kappa shape index (κ2) is 10.4. The predicted octanol–water partition coefficient (Wildman–Crippen LogP) is 6.35. The molecule has 7 heteroatoms. The molecule has 6 nitrogen and oxygen atoms in total. The molecular formula is C28H29N3O3S. The molecule has 0 amide bonds. The Morgan fingerprint density at radius 2 is 1.66 bits per heavy atom. The summed E-state index contributed by atoms with van der Waals surface area (Å²) in [5.41, 5.74) is 5.80. The first kappa shape index (κ1) is 23.2. The number of ether oxygens (including phenoxy) is 3. The van der Waals surface area contributed by atoms with Crippen LogP contribution in [-0.4, -0.2) is 38.1 Å². The van der Waals surface area contributed by atoms with E-state index >= 15 is 0 Å². The minimum atomic E-state index is 0.243. The van der Waals surface area contributed by atoms with Crippen LogP contribution in [0.1, 0.15) is 22.8 Å². The van der Waals surface area contributed by atoms with Crippen molar-refractivity contribution in [1.82, 2.24) is 10.2 Å². The van der Waals surface area contributed by atoms with E-state index in [0.717, 1.165) is 36.3 Å². The number of hydrogen-bond acceptors (Lipinski definition) is 6. The highest BCUT2D eigenvalue weighted by Crippen LogP contribution is 2.49. The molecule has 0 radical (unpaired) electrons. The lowest BCUT2D eigenvalue weighted by Gasteiger charge is -2.24. The van der Waals surface area contributed by atoms with Crippen LogP contribution in [0.5, 0.6) is 17.2 Å². The largest absolute Gasteiger partial charge is 0.493 e. The average molecular weight is 488 g/mol. The molecule has 1 aromatic heterocycles. The molecule has 1 atom stereocenters. The molecule has 5 rings (SSSR count). The summed E-state index contributed by atoms with van der Waals surface area (Å²) < 4.78 is 16.8. The Hall–Kier alpha value is -3.58. The molecule has 1 aliphatic rings. The molecule has 0 spiro atoms. The van der Waals surface area contributed by atoms with Crippen molar-refractivity contribution < 1.29 is 14.2 Å². The zero-order chi connectivity index (χ0) is 24.2. The van der Waals surface area contributed by atoms with Crippen molar-refractivity contribution in [3.63, 3.8) is 0 Å². The van der Waals surface area contributed by atoms with Gasteiger partial charge in [0, 0.05) is 28.8 Å². The number of anilines is 1. The standard InChI is InChI=1S/C28H29N3O3S/c1-32-23-15-20(16-24(33-2)28(23)34-3)25-13-14-31(22-11-7-8-12-26(22)35-25)18-21-17-29-30-27(21)19-9-5-4-6-10-19/h4-12,15-17,25H,13-14,18H2,1-3H3,(H,29,30). The van der Waals surface area contributed by atoms with Gasteiger partial charge in [-0.15, -0.1) is 11.8 Å². The van der Waals surface area contributed by atoms with E-state index in [1.165, 1.54) is 16.1 Å². The highest BCUT2D eigenvalue weighted by Gasteiger charge is 2.26. The molecule has 0 bridgehead atoms. The molecular weight excluding hydrogens is 458 g/mol. The number of thioether (sulfide) groups is 1. The van der Waals surface area contributed by atoms with Crippen LogP contribution in [-0.2, 0) is 6.54 Å². The molecule has 1 unspecified atom stereocenters. The van der Waals surface area contributed by atoms with Crippen LogP contribution in [0.3, 0.4) is 0 Å². The number of H-pyrrole nitrogens is 1. The lowest BCUT2D eigenvalue weighted by Crippen LogP contribution is -2.24. The molecule has 1 aliphatic heterocycles. The topological polar surface area (TPSA) is 59.6 Å². The normalized spacial score (nSPS) is 15.3. The molecule has 4 aromatic rings. The van der Waals surface area contributed by atoms with Crippen molar-refractivity contribution in [2.24, 2.45) is 0 Å². The van der Waals surface area contributed by atoms with Crippen molar-refractivity contribution in [2.45, 2.75) is 23.1 Å². The Balaban J connectivity index is 1.46. The van der Waals surface area contributed by atoms with E-state index in [1.807, 2.05) is 24.0 Å². The number of aromatic amines is 1. The fraction of sp³-hybridized carbons (Fsp3) is 0.250. The molecule has 0 fully saturated rings. The SMILES string of the molecule is COc1cc(C2CCN(Cc3cn[nH]c3-c3ccccc3)c3ccccc3S2)cc(OC)c1OC. The minimum absolute atomic E-state index is 0.243. The van der Waals surface area contributed by atoms with Crippen LogP contribution < -0.4 is 19.1 Å². The predicted molar refractivity (Wildman–Crippen MR) is 141 cm³/mol. The molecule has 1 N–H and O–H groups in total. The smallest absolute Gasteiger partial charge is 0.203 e. The maximum atomic E-state index is 5.62. The quantitative estimate of drug-likeness (QED) is 0.328. The van der Waals surface area contributed by atoms with Gasteiger partial charge in [0.25, 0.3) is 0 Å². The Labute approximate surface area is 210 Å². The van der Waals surface area contributed by atoms with Gasteiger partial charge in [0.2, 0.25) is 5.75 Å². The van der Waals surface area contributed by atoms with Crippen molar-refractivity contribution in [2.75, 3.05) is 32.8 Å². The van der Waals surface area contributed by atoms with Crippen LogP contribution in [0.25, 0.3) is 11.3 Å². The Morgan fingerprint density at radius 3 is 2.37 bits per heavy atom. The lowest BCUT2D eigenvalue weighted by molar-refractivity contribution is 0.323. The summed E-state index contributed by atoms with van der Waals surface area (Å²) in [6.45, 7) is 1.69. The minimum Gasteiger partial charge on any atom is -0.493 e.